The van der Waals surface area contributed by atoms with Crippen molar-refractivity contribution >= 4 is 34.0 Å². The number of hydrogen-bond donors (Lipinski definition) is 1. The summed E-state index contributed by atoms with van der Waals surface area (Å²) in [6, 6.07) is 19.4. The molecule has 0 aliphatic carbocycles. The maximum absolute atomic E-state index is 12.5. The molecule has 1 amide bonds. The van der Waals surface area contributed by atoms with Crippen molar-refractivity contribution in [3.63, 3.8) is 0 Å². The second-order valence-electron chi connectivity index (χ2n) is 5.98. The molecular weight excluding hydrogens is 334 g/mol. The Bertz CT molecular complexity index is 907. The Balaban J connectivity index is 1.73. The molecule has 0 aliphatic rings. The van der Waals surface area contributed by atoms with Crippen molar-refractivity contribution in [3.05, 3.63) is 71.2 Å². The highest BCUT2D eigenvalue weighted by Gasteiger charge is 2.19. The average Bonchev–Trinajstić information content (AvgIpc) is 2.62. The molecule has 3 aromatic carbocycles. The zero-order valence-electron chi connectivity index (χ0n) is 14.3. The number of rotatable bonds is 5. The molecule has 1 atom stereocenters. The highest BCUT2D eigenvalue weighted by Crippen LogP contribution is 2.23. The van der Waals surface area contributed by atoms with E-state index in [0.29, 0.717) is 22.9 Å². The summed E-state index contributed by atoms with van der Waals surface area (Å²) in [4.78, 5) is 12.5. The number of ether oxygens (including phenoxy) is 1. The predicted molar refractivity (Wildman–Crippen MR) is 103 cm³/mol. The van der Waals surface area contributed by atoms with E-state index in [9.17, 15) is 4.79 Å². The van der Waals surface area contributed by atoms with Crippen LogP contribution in [0.2, 0.25) is 5.02 Å². The molecule has 3 nitrogen and oxygen atoms in total. The number of fused-ring (bicyclic) bond motifs is 1. The maximum atomic E-state index is 12.5. The summed E-state index contributed by atoms with van der Waals surface area (Å²) in [6.45, 7) is 3.85. The van der Waals surface area contributed by atoms with Crippen LogP contribution in [-0.2, 0) is 4.79 Å². The molecule has 0 fully saturated rings. The third-order valence-corrected chi connectivity index (χ3v) is 4.51. The van der Waals surface area contributed by atoms with Crippen molar-refractivity contribution in [1.29, 1.82) is 0 Å². The van der Waals surface area contributed by atoms with Crippen molar-refractivity contribution in [2.75, 3.05) is 5.32 Å². The van der Waals surface area contributed by atoms with Crippen molar-refractivity contribution in [2.24, 2.45) is 0 Å². The molecule has 0 aliphatic heterocycles. The third kappa shape index (κ3) is 4.12. The molecule has 0 heterocycles. The van der Waals surface area contributed by atoms with E-state index in [2.05, 4.69) is 5.32 Å². The molecule has 128 valence electrons. The number of amides is 1. The van der Waals surface area contributed by atoms with Crippen molar-refractivity contribution in [2.45, 2.75) is 26.4 Å². The zero-order valence-corrected chi connectivity index (χ0v) is 15.0. The van der Waals surface area contributed by atoms with Crippen molar-refractivity contribution < 1.29 is 9.53 Å². The van der Waals surface area contributed by atoms with Gasteiger partial charge in [0.2, 0.25) is 0 Å². The van der Waals surface area contributed by atoms with Gasteiger partial charge in [-0.15, -0.1) is 0 Å². The molecule has 0 aromatic heterocycles. The second-order valence-corrected chi connectivity index (χ2v) is 6.38. The van der Waals surface area contributed by atoms with E-state index in [0.717, 1.165) is 16.3 Å². The predicted octanol–water partition coefficient (Wildman–Crippen LogP) is 5.60. The Morgan fingerprint density at radius 1 is 1.08 bits per heavy atom. The van der Waals surface area contributed by atoms with Crippen LogP contribution in [0.5, 0.6) is 5.75 Å². The topological polar surface area (TPSA) is 38.3 Å². The SMILES string of the molecule is CC[C@@H](Oc1ccc2ccccc2c1)C(=O)Nc1ccc(C)c(Cl)c1. The minimum absolute atomic E-state index is 0.185. The number of benzene rings is 3. The number of carbonyl (C=O) groups excluding carboxylic acids is 1. The van der Waals surface area contributed by atoms with E-state index >= 15 is 0 Å². The molecule has 0 spiro atoms. The van der Waals surface area contributed by atoms with E-state index in [4.69, 9.17) is 16.3 Å². The molecule has 0 bridgehead atoms. The quantitative estimate of drug-likeness (QED) is 0.648. The molecule has 0 radical (unpaired) electrons. The fourth-order valence-electron chi connectivity index (χ4n) is 2.62. The van der Waals surface area contributed by atoms with E-state index < -0.39 is 6.10 Å². The van der Waals surface area contributed by atoms with E-state index in [-0.39, 0.29) is 5.91 Å². The first-order valence-electron chi connectivity index (χ1n) is 8.29. The minimum atomic E-state index is -0.568. The lowest BCUT2D eigenvalue weighted by atomic mass is 10.1. The van der Waals surface area contributed by atoms with Crippen LogP contribution in [0, 0.1) is 6.92 Å². The number of aryl methyl sites for hydroxylation is 1. The van der Waals surface area contributed by atoms with E-state index in [1.54, 1.807) is 6.07 Å². The summed E-state index contributed by atoms with van der Waals surface area (Å²) in [7, 11) is 0. The van der Waals surface area contributed by atoms with Gasteiger partial charge in [-0.2, -0.15) is 0 Å². The second kappa shape index (κ2) is 7.58. The summed E-state index contributed by atoms with van der Waals surface area (Å²) < 4.78 is 5.91. The van der Waals surface area contributed by atoms with Gasteiger partial charge in [-0.25, -0.2) is 0 Å². The number of anilines is 1. The Kier molecular flexibility index (Phi) is 5.25. The molecule has 3 aromatic rings. The van der Waals surface area contributed by atoms with E-state index in [1.807, 2.05) is 68.4 Å². The van der Waals surface area contributed by atoms with Gasteiger partial charge in [0.05, 0.1) is 0 Å². The number of hydrogen-bond acceptors (Lipinski definition) is 2. The first-order valence-corrected chi connectivity index (χ1v) is 8.67. The average molecular weight is 354 g/mol. The molecule has 4 heteroatoms. The van der Waals surface area contributed by atoms with Gasteiger partial charge in [0.1, 0.15) is 5.75 Å². The highest BCUT2D eigenvalue weighted by molar-refractivity contribution is 6.31. The van der Waals surface area contributed by atoms with Gasteiger partial charge in [-0.3, -0.25) is 4.79 Å². The normalized spacial score (nSPS) is 12.0. The Hall–Kier alpha value is -2.52. The Morgan fingerprint density at radius 2 is 1.84 bits per heavy atom. The molecule has 0 saturated heterocycles. The number of halogens is 1. The highest BCUT2D eigenvalue weighted by atomic mass is 35.5. The lowest BCUT2D eigenvalue weighted by molar-refractivity contribution is -0.122. The van der Waals surface area contributed by atoms with Crippen LogP contribution < -0.4 is 10.1 Å². The monoisotopic (exact) mass is 353 g/mol. The van der Waals surface area contributed by atoms with Crippen LogP contribution in [0.15, 0.2) is 60.7 Å². The smallest absolute Gasteiger partial charge is 0.265 e. The van der Waals surface area contributed by atoms with Crippen LogP contribution in [0.4, 0.5) is 5.69 Å². The molecule has 1 N–H and O–H groups in total. The first-order chi connectivity index (χ1) is 12.1. The Morgan fingerprint density at radius 3 is 2.56 bits per heavy atom. The van der Waals surface area contributed by atoms with Crippen LogP contribution in [-0.4, -0.2) is 12.0 Å². The maximum Gasteiger partial charge on any atom is 0.265 e. The summed E-state index contributed by atoms with van der Waals surface area (Å²) in [5.41, 5.74) is 1.64. The van der Waals surface area contributed by atoms with Gasteiger partial charge in [0, 0.05) is 10.7 Å². The molecular formula is C21H20ClNO2. The first kappa shape index (κ1) is 17.3. The van der Waals surface area contributed by atoms with Gasteiger partial charge >= 0.3 is 0 Å². The summed E-state index contributed by atoms with van der Waals surface area (Å²) in [5, 5.41) is 5.72. The lowest BCUT2D eigenvalue weighted by Crippen LogP contribution is -2.32. The third-order valence-electron chi connectivity index (χ3n) is 4.10. The number of nitrogens with one attached hydrogen (secondary N) is 1. The Labute approximate surface area is 152 Å². The largest absolute Gasteiger partial charge is 0.481 e. The molecule has 3 rings (SSSR count). The number of carbonyl (C=O) groups is 1. The summed E-state index contributed by atoms with van der Waals surface area (Å²) in [6.07, 6.45) is -0.000584. The lowest BCUT2D eigenvalue weighted by Gasteiger charge is -2.18. The van der Waals surface area contributed by atoms with Crippen LogP contribution in [0.3, 0.4) is 0 Å². The van der Waals surface area contributed by atoms with Crippen molar-refractivity contribution in [3.8, 4) is 5.75 Å². The van der Waals surface area contributed by atoms with Crippen molar-refractivity contribution in [1.82, 2.24) is 0 Å². The van der Waals surface area contributed by atoms with Gasteiger partial charge in [-0.1, -0.05) is 54.9 Å². The van der Waals surface area contributed by atoms with Crippen LogP contribution in [0.1, 0.15) is 18.9 Å². The molecule has 0 saturated carbocycles. The minimum Gasteiger partial charge on any atom is -0.481 e. The molecule has 25 heavy (non-hydrogen) atoms. The molecule has 0 unspecified atom stereocenters. The van der Waals surface area contributed by atoms with Gasteiger partial charge in [0.15, 0.2) is 6.10 Å². The fraction of sp³-hybridized carbons (Fsp3) is 0.190. The summed E-state index contributed by atoms with van der Waals surface area (Å²) in [5.74, 6) is 0.498. The zero-order chi connectivity index (χ0) is 17.8. The van der Waals surface area contributed by atoms with Gasteiger partial charge < -0.3 is 10.1 Å². The van der Waals surface area contributed by atoms with Crippen LogP contribution >= 0.6 is 11.6 Å². The van der Waals surface area contributed by atoms with Gasteiger partial charge in [-0.05, 0) is 53.9 Å². The summed E-state index contributed by atoms with van der Waals surface area (Å²) >= 11 is 6.11. The standard InChI is InChI=1S/C21H20ClNO2/c1-3-20(21(24)23-17-10-8-14(2)19(22)13-17)25-18-11-9-15-6-4-5-7-16(15)12-18/h4-13,20H,3H2,1-2H3,(H,23,24)/t20-/m1/s1. The van der Waals surface area contributed by atoms with Crippen LogP contribution in [0.25, 0.3) is 10.8 Å². The van der Waals surface area contributed by atoms with Gasteiger partial charge in [0.25, 0.3) is 5.91 Å². The van der Waals surface area contributed by atoms with E-state index in [1.165, 1.54) is 0 Å². The fourth-order valence-corrected chi connectivity index (χ4v) is 2.80.